The third kappa shape index (κ3) is 6.53. The number of ether oxygens (including phenoxy) is 1. The van der Waals surface area contributed by atoms with Crippen molar-refractivity contribution in [2.24, 2.45) is 10.9 Å². The van der Waals surface area contributed by atoms with Crippen LogP contribution in [0.15, 0.2) is 47.7 Å². The lowest BCUT2D eigenvalue weighted by Gasteiger charge is -2.22. The normalized spacial score (nSPS) is 19.5. The van der Waals surface area contributed by atoms with Gasteiger partial charge in [0.05, 0.1) is 6.20 Å². The number of halogens is 2. The van der Waals surface area contributed by atoms with Crippen molar-refractivity contribution < 1.29 is 9.13 Å². The summed E-state index contributed by atoms with van der Waals surface area (Å²) in [5, 5.41) is 6.78. The molecule has 0 saturated carbocycles. The fourth-order valence-electron chi connectivity index (χ4n) is 3.44. The molecular weight excluding hydrogens is 496 g/mol. The molecule has 1 aromatic carbocycles. The first-order valence-electron chi connectivity index (χ1n) is 10.0. The van der Waals surface area contributed by atoms with Gasteiger partial charge in [0.15, 0.2) is 17.5 Å². The van der Waals surface area contributed by atoms with Crippen molar-refractivity contribution in [3.8, 4) is 11.5 Å². The molecule has 2 N–H and O–H groups in total. The van der Waals surface area contributed by atoms with Gasteiger partial charge in [-0.05, 0) is 49.6 Å². The SMILES string of the molecule is CN=C(NCc1ccc(Oc2cccnc2)c(F)c1)NC1CN(C(C)C)CC1C.I. The molecule has 8 heteroatoms. The standard InChI is InChI=1S/C22H30FN5O.HI/c1-15(2)28-13-16(3)20(14-28)27-22(24-4)26-11-17-7-8-21(19(23)10-17)29-18-6-5-9-25-12-18;/h5-10,12,15-16,20H,11,13-14H2,1-4H3,(H2,24,26,27);1H. The van der Waals surface area contributed by atoms with E-state index < -0.39 is 5.82 Å². The van der Waals surface area contributed by atoms with Crippen LogP contribution in [0.2, 0.25) is 0 Å². The summed E-state index contributed by atoms with van der Waals surface area (Å²) in [5.41, 5.74) is 0.812. The van der Waals surface area contributed by atoms with Gasteiger partial charge >= 0.3 is 0 Å². The van der Waals surface area contributed by atoms with Gasteiger partial charge in [0.25, 0.3) is 0 Å². The lowest BCUT2D eigenvalue weighted by molar-refractivity contribution is 0.265. The Kier molecular flexibility index (Phi) is 9.29. The first-order valence-corrected chi connectivity index (χ1v) is 10.0. The molecule has 0 aliphatic carbocycles. The molecule has 1 fully saturated rings. The smallest absolute Gasteiger partial charge is 0.191 e. The number of hydrogen-bond donors (Lipinski definition) is 2. The number of rotatable bonds is 6. The quantitative estimate of drug-likeness (QED) is 0.338. The summed E-state index contributed by atoms with van der Waals surface area (Å²) in [4.78, 5) is 10.7. The zero-order chi connectivity index (χ0) is 20.8. The maximum Gasteiger partial charge on any atom is 0.191 e. The van der Waals surface area contributed by atoms with Crippen molar-refractivity contribution in [3.05, 3.63) is 54.1 Å². The minimum Gasteiger partial charge on any atom is -0.453 e. The minimum absolute atomic E-state index is 0. The van der Waals surface area contributed by atoms with Crippen LogP contribution in [0.1, 0.15) is 26.3 Å². The number of aliphatic imine (C=N–C) groups is 1. The van der Waals surface area contributed by atoms with Crippen molar-refractivity contribution in [1.82, 2.24) is 20.5 Å². The summed E-state index contributed by atoms with van der Waals surface area (Å²) in [5.74, 6) is 1.54. The van der Waals surface area contributed by atoms with Gasteiger partial charge in [0.1, 0.15) is 5.75 Å². The van der Waals surface area contributed by atoms with Gasteiger partial charge in [-0.1, -0.05) is 13.0 Å². The summed E-state index contributed by atoms with van der Waals surface area (Å²) in [6.45, 7) is 9.24. The number of likely N-dealkylation sites (tertiary alicyclic amines) is 1. The maximum atomic E-state index is 14.4. The summed E-state index contributed by atoms with van der Waals surface area (Å²) in [6.07, 6.45) is 3.20. The lowest BCUT2D eigenvalue weighted by atomic mass is 10.1. The minimum atomic E-state index is -0.409. The second kappa shape index (κ2) is 11.5. The molecule has 30 heavy (non-hydrogen) atoms. The Bertz CT molecular complexity index is 834. The van der Waals surface area contributed by atoms with E-state index in [1.807, 2.05) is 6.07 Å². The number of hydrogen-bond acceptors (Lipinski definition) is 4. The Morgan fingerprint density at radius 3 is 2.73 bits per heavy atom. The van der Waals surface area contributed by atoms with Crippen LogP contribution < -0.4 is 15.4 Å². The Balaban J connectivity index is 0.00000320. The van der Waals surface area contributed by atoms with E-state index in [-0.39, 0.29) is 29.7 Å². The van der Waals surface area contributed by atoms with E-state index in [1.54, 1.807) is 37.6 Å². The van der Waals surface area contributed by atoms with Crippen molar-refractivity contribution in [1.29, 1.82) is 0 Å². The molecule has 1 aliphatic rings. The molecular formula is C22H31FIN5O. The van der Waals surface area contributed by atoms with Crippen molar-refractivity contribution in [3.63, 3.8) is 0 Å². The fraction of sp³-hybridized carbons (Fsp3) is 0.455. The second-order valence-electron chi connectivity index (χ2n) is 7.76. The zero-order valence-electron chi connectivity index (χ0n) is 17.9. The number of guanidine groups is 1. The van der Waals surface area contributed by atoms with Gasteiger partial charge in [-0.15, -0.1) is 24.0 Å². The van der Waals surface area contributed by atoms with E-state index >= 15 is 0 Å². The monoisotopic (exact) mass is 527 g/mol. The predicted octanol–water partition coefficient (Wildman–Crippen LogP) is 4.02. The maximum absolute atomic E-state index is 14.4. The summed E-state index contributed by atoms with van der Waals surface area (Å²) in [7, 11) is 1.75. The Morgan fingerprint density at radius 2 is 2.13 bits per heavy atom. The number of aromatic nitrogens is 1. The molecule has 2 aromatic rings. The highest BCUT2D eigenvalue weighted by Gasteiger charge is 2.31. The molecule has 1 aromatic heterocycles. The van der Waals surface area contributed by atoms with Crippen LogP contribution in [0.4, 0.5) is 4.39 Å². The largest absolute Gasteiger partial charge is 0.453 e. The third-order valence-electron chi connectivity index (χ3n) is 5.24. The van der Waals surface area contributed by atoms with E-state index in [0.29, 0.717) is 30.3 Å². The van der Waals surface area contributed by atoms with E-state index in [9.17, 15) is 4.39 Å². The highest BCUT2D eigenvalue weighted by Crippen LogP contribution is 2.24. The zero-order valence-corrected chi connectivity index (χ0v) is 20.3. The summed E-state index contributed by atoms with van der Waals surface area (Å²) >= 11 is 0. The van der Waals surface area contributed by atoms with Crippen molar-refractivity contribution in [2.45, 2.75) is 39.4 Å². The van der Waals surface area contributed by atoms with Crippen LogP contribution >= 0.6 is 24.0 Å². The van der Waals surface area contributed by atoms with Gasteiger partial charge < -0.3 is 15.4 Å². The van der Waals surface area contributed by atoms with Crippen LogP contribution in [-0.4, -0.2) is 48.1 Å². The number of benzene rings is 1. The molecule has 2 unspecified atom stereocenters. The lowest BCUT2D eigenvalue weighted by Crippen LogP contribution is -2.46. The molecule has 164 valence electrons. The molecule has 1 aliphatic heterocycles. The Hall–Kier alpha value is -1.94. The van der Waals surface area contributed by atoms with Crippen LogP contribution in [0.25, 0.3) is 0 Å². The number of pyridine rings is 1. The van der Waals surface area contributed by atoms with Gasteiger partial charge in [-0.25, -0.2) is 4.39 Å². The van der Waals surface area contributed by atoms with Crippen LogP contribution in [-0.2, 0) is 6.54 Å². The molecule has 3 rings (SSSR count). The molecule has 2 heterocycles. The number of nitrogens with zero attached hydrogens (tertiary/aromatic N) is 3. The van der Waals surface area contributed by atoms with Crippen LogP contribution in [0, 0.1) is 11.7 Å². The summed E-state index contributed by atoms with van der Waals surface area (Å²) < 4.78 is 20.0. The first kappa shape index (κ1) is 24.3. The average Bonchev–Trinajstić information content (AvgIpc) is 3.08. The highest BCUT2D eigenvalue weighted by molar-refractivity contribution is 14.0. The average molecular weight is 527 g/mol. The van der Waals surface area contributed by atoms with E-state index in [4.69, 9.17) is 4.74 Å². The van der Waals surface area contributed by atoms with E-state index in [2.05, 4.69) is 46.3 Å². The van der Waals surface area contributed by atoms with Gasteiger partial charge in [-0.2, -0.15) is 0 Å². The van der Waals surface area contributed by atoms with E-state index in [1.165, 1.54) is 6.07 Å². The third-order valence-corrected chi connectivity index (χ3v) is 5.24. The molecule has 0 bridgehead atoms. The topological polar surface area (TPSA) is 61.8 Å². The molecule has 6 nitrogen and oxygen atoms in total. The van der Waals surface area contributed by atoms with Gasteiger partial charge in [0, 0.05) is 45.0 Å². The van der Waals surface area contributed by atoms with Crippen LogP contribution in [0.3, 0.4) is 0 Å². The first-order chi connectivity index (χ1) is 14.0. The number of nitrogens with one attached hydrogen (secondary N) is 2. The summed E-state index contributed by atoms with van der Waals surface area (Å²) in [6, 6.07) is 9.32. The fourth-order valence-corrected chi connectivity index (χ4v) is 3.44. The van der Waals surface area contributed by atoms with Crippen LogP contribution in [0.5, 0.6) is 11.5 Å². The predicted molar refractivity (Wildman–Crippen MR) is 129 cm³/mol. The molecule has 0 spiro atoms. The Morgan fingerprint density at radius 1 is 1.33 bits per heavy atom. The van der Waals surface area contributed by atoms with Gasteiger partial charge in [0.2, 0.25) is 0 Å². The molecule has 0 radical (unpaired) electrons. The van der Waals surface area contributed by atoms with Crippen molar-refractivity contribution >= 4 is 29.9 Å². The van der Waals surface area contributed by atoms with Crippen molar-refractivity contribution in [2.75, 3.05) is 20.1 Å². The van der Waals surface area contributed by atoms with E-state index in [0.717, 1.165) is 24.6 Å². The molecule has 1 saturated heterocycles. The Labute approximate surface area is 195 Å². The second-order valence-corrected chi connectivity index (χ2v) is 7.76. The molecule has 0 amide bonds. The van der Waals surface area contributed by atoms with Gasteiger partial charge in [-0.3, -0.25) is 14.9 Å². The molecule has 2 atom stereocenters. The highest BCUT2D eigenvalue weighted by atomic mass is 127.